The van der Waals surface area contributed by atoms with Gasteiger partial charge in [0.05, 0.1) is 0 Å². The summed E-state index contributed by atoms with van der Waals surface area (Å²) in [5.41, 5.74) is -0.581. The third kappa shape index (κ3) is 2.70. The van der Waals surface area contributed by atoms with Gasteiger partial charge in [0, 0.05) is 13.6 Å². The van der Waals surface area contributed by atoms with E-state index in [9.17, 15) is 14.4 Å². The molecule has 1 N–H and O–H groups in total. The second-order valence-electron chi connectivity index (χ2n) is 6.31. The highest BCUT2D eigenvalue weighted by Crippen LogP contribution is 2.30. The zero-order valence-corrected chi connectivity index (χ0v) is 13.8. The van der Waals surface area contributed by atoms with Crippen molar-refractivity contribution in [3.63, 3.8) is 0 Å². The lowest BCUT2D eigenvalue weighted by atomic mass is 10.0. The zero-order valence-electron chi connectivity index (χ0n) is 13.8. The van der Waals surface area contributed by atoms with Crippen LogP contribution in [0.3, 0.4) is 0 Å². The Labute approximate surface area is 140 Å². The number of nitrogens with one attached hydrogen (secondary N) is 1. The summed E-state index contributed by atoms with van der Waals surface area (Å²) in [6.45, 7) is 2.17. The van der Waals surface area contributed by atoms with Gasteiger partial charge in [0.15, 0.2) is 5.66 Å². The highest BCUT2D eigenvalue weighted by Gasteiger charge is 2.54. The fourth-order valence-corrected chi connectivity index (χ4v) is 3.23. The summed E-state index contributed by atoms with van der Waals surface area (Å²) in [6, 6.07) is 8.84. The number of benzene rings is 1. The van der Waals surface area contributed by atoms with E-state index in [-0.39, 0.29) is 18.4 Å². The Balaban J connectivity index is 1.69. The van der Waals surface area contributed by atoms with E-state index < -0.39 is 17.8 Å². The second kappa shape index (κ2) is 6.14. The molecule has 2 unspecified atom stereocenters. The molecule has 2 fully saturated rings. The highest BCUT2D eigenvalue weighted by atomic mass is 16.5. The highest BCUT2D eigenvalue weighted by molar-refractivity contribution is 6.01. The average molecular weight is 331 g/mol. The van der Waals surface area contributed by atoms with Crippen LogP contribution in [0.5, 0.6) is 0 Å². The molecule has 0 aromatic heterocycles. The molecule has 3 rings (SSSR count). The number of alkyl carbamates (subject to hydrolysis) is 1. The van der Waals surface area contributed by atoms with Crippen molar-refractivity contribution in [2.45, 2.75) is 38.1 Å². The molecule has 3 amide bonds. The lowest BCUT2D eigenvalue weighted by molar-refractivity contribution is -0.167. The van der Waals surface area contributed by atoms with Gasteiger partial charge in [0.2, 0.25) is 5.91 Å². The van der Waals surface area contributed by atoms with E-state index in [1.807, 2.05) is 30.3 Å². The summed E-state index contributed by atoms with van der Waals surface area (Å²) in [5.74, 6) is -0.429. The van der Waals surface area contributed by atoms with Gasteiger partial charge >= 0.3 is 6.09 Å². The first-order valence-electron chi connectivity index (χ1n) is 8.01. The molecule has 2 atom stereocenters. The second-order valence-corrected chi connectivity index (χ2v) is 6.31. The zero-order chi connectivity index (χ0) is 17.3. The fourth-order valence-electron chi connectivity index (χ4n) is 3.23. The third-order valence-electron chi connectivity index (χ3n) is 4.77. The Morgan fingerprint density at radius 3 is 2.75 bits per heavy atom. The number of piperazine rings is 1. The van der Waals surface area contributed by atoms with Crippen LogP contribution in [0.15, 0.2) is 30.3 Å². The van der Waals surface area contributed by atoms with E-state index in [0.717, 1.165) is 12.0 Å². The smallest absolute Gasteiger partial charge is 0.409 e. The Morgan fingerprint density at radius 2 is 2.04 bits per heavy atom. The van der Waals surface area contributed by atoms with Crippen molar-refractivity contribution in [3.8, 4) is 0 Å². The Bertz CT molecular complexity index is 663. The molecular weight excluding hydrogens is 310 g/mol. The van der Waals surface area contributed by atoms with Crippen molar-refractivity contribution in [2.24, 2.45) is 0 Å². The van der Waals surface area contributed by atoms with Gasteiger partial charge in [0.25, 0.3) is 5.91 Å². The minimum atomic E-state index is -1.42. The minimum Gasteiger partial charge on any atom is -0.445 e. The van der Waals surface area contributed by atoms with Crippen LogP contribution < -0.4 is 5.32 Å². The molecule has 7 nitrogen and oxygen atoms in total. The average Bonchev–Trinajstić information content (AvgIpc) is 3.07. The summed E-state index contributed by atoms with van der Waals surface area (Å²) in [5, 5.41) is 2.56. The van der Waals surface area contributed by atoms with Crippen molar-refractivity contribution in [3.05, 3.63) is 35.9 Å². The molecule has 0 bridgehead atoms. The van der Waals surface area contributed by atoms with E-state index >= 15 is 0 Å². The maximum absolute atomic E-state index is 12.8. The lowest BCUT2D eigenvalue weighted by Gasteiger charge is -2.46. The van der Waals surface area contributed by atoms with Gasteiger partial charge in [-0.25, -0.2) is 4.79 Å². The van der Waals surface area contributed by atoms with Gasteiger partial charge in [-0.2, -0.15) is 0 Å². The molecule has 2 aliphatic rings. The van der Waals surface area contributed by atoms with Crippen molar-refractivity contribution in [2.75, 3.05) is 13.6 Å². The number of likely N-dealkylation sites (N-methyl/N-ethyl adjacent to an activating group) is 1. The lowest BCUT2D eigenvalue weighted by Crippen LogP contribution is -2.74. The van der Waals surface area contributed by atoms with Gasteiger partial charge in [-0.3, -0.25) is 14.9 Å². The largest absolute Gasteiger partial charge is 0.445 e. The molecule has 1 aromatic rings. The number of carbonyl (C=O) groups is 3. The Morgan fingerprint density at radius 1 is 1.33 bits per heavy atom. The van der Waals surface area contributed by atoms with E-state index in [4.69, 9.17) is 4.74 Å². The predicted molar refractivity (Wildman–Crippen MR) is 85.7 cm³/mol. The topological polar surface area (TPSA) is 79.0 Å². The van der Waals surface area contributed by atoms with Crippen LogP contribution in [0, 0.1) is 0 Å². The molecule has 2 heterocycles. The molecule has 128 valence electrons. The Kier molecular flexibility index (Phi) is 4.17. The van der Waals surface area contributed by atoms with Gasteiger partial charge in [-0.1, -0.05) is 30.3 Å². The number of hydrogen-bond donors (Lipinski definition) is 1. The first-order chi connectivity index (χ1) is 11.4. The monoisotopic (exact) mass is 331 g/mol. The quantitative estimate of drug-likeness (QED) is 0.899. The SMILES string of the molecule is CN1C(=O)C2CCCN2C(=O)C1(C)NC(=O)OCc1ccccc1. The number of rotatable bonds is 3. The van der Waals surface area contributed by atoms with Gasteiger partial charge in [0.1, 0.15) is 12.6 Å². The third-order valence-corrected chi connectivity index (χ3v) is 4.77. The molecule has 2 aliphatic heterocycles. The van der Waals surface area contributed by atoms with Crippen molar-refractivity contribution in [1.29, 1.82) is 0 Å². The first-order valence-corrected chi connectivity index (χ1v) is 8.01. The summed E-state index contributed by atoms with van der Waals surface area (Å²) in [4.78, 5) is 40.2. The fraction of sp³-hybridized carbons (Fsp3) is 0.471. The number of hydrogen-bond acceptors (Lipinski definition) is 4. The van der Waals surface area contributed by atoms with Gasteiger partial charge < -0.3 is 14.5 Å². The molecule has 0 spiro atoms. The van der Waals surface area contributed by atoms with Crippen LogP contribution in [-0.2, 0) is 20.9 Å². The molecule has 7 heteroatoms. The molecule has 0 radical (unpaired) electrons. The summed E-state index contributed by atoms with van der Waals surface area (Å²) >= 11 is 0. The molecular formula is C17H21N3O4. The molecule has 1 aromatic carbocycles. The van der Waals surface area contributed by atoms with Crippen LogP contribution in [0.1, 0.15) is 25.3 Å². The van der Waals surface area contributed by atoms with E-state index in [1.54, 1.807) is 4.90 Å². The number of nitrogens with zero attached hydrogens (tertiary/aromatic N) is 2. The van der Waals surface area contributed by atoms with Crippen molar-refractivity contribution in [1.82, 2.24) is 15.1 Å². The molecule has 0 aliphatic carbocycles. The number of amides is 3. The van der Waals surface area contributed by atoms with Crippen LogP contribution in [0.2, 0.25) is 0 Å². The van der Waals surface area contributed by atoms with Crippen LogP contribution in [-0.4, -0.2) is 53.0 Å². The van der Waals surface area contributed by atoms with Gasteiger partial charge in [-0.15, -0.1) is 0 Å². The first kappa shape index (κ1) is 16.3. The van der Waals surface area contributed by atoms with Crippen LogP contribution in [0.25, 0.3) is 0 Å². The van der Waals surface area contributed by atoms with Crippen molar-refractivity contribution < 1.29 is 19.1 Å². The maximum Gasteiger partial charge on any atom is 0.409 e. The van der Waals surface area contributed by atoms with Crippen LogP contribution in [0.4, 0.5) is 4.79 Å². The molecule has 0 saturated carbocycles. The summed E-state index contributed by atoms with van der Waals surface area (Å²) in [6.07, 6.45) is 0.737. The van der Waals surface area contributed by atoms with Crippen molar-refractivity contribution >= 4 is 17.9 Å². The molecule has 2 saturated heterocycles. The summed E-state index contributed by atoms with van der Waals surface area (Å²) < 4.78 is 5.18. The predicted octanol–water partition coefficient (Wildman–Crippen LogP) is 1.09. The number of carbonyl (C=O) groups excluding carboxylic acids is 3. The number of fused-ring (bicyclic) bond motifs is 1. The number of ether oxygens (including phenoxy) is 1. The van der Waals surface area contributed by atoms with Gasteiger partial charge in [-0.05, 0) is 25.3 Å². The van der Waals surface area contributed by atoms with E-state index in [1.165, 1.54) is 18.9 Å². The standard InChI is InChI=1S/C17H21N3O4/c1-17(18-16(23)24-11-12-7-4-3-5-8-12)15(22)20-10-6-9-13(20)14(21)19(17)2/h3-5,7-8,13H,6,9-11H2,1-2H3,(H,18,23). The van der Waals surface area contributed by atoms with E-state index in [2.05, 4.69) is 5.32 Å². The minimum absolute atomic E-state index is 0.0982. The van der Waals surface area contributed by atoms with Crippen LogP contribution >= 0.6 is 0 Å². The molecule has 24 heavy (non-hydrogen) atoms. The normalized spacial score (nSPS) is 26.3. The maximum atomic E-state index is 12.8. The Hall–Kier alpha value is -2.57. The summed E-state index contributed by atoms with van der Waals surface area (Å²) in [7, 11) is 1.54. The van der Waals surface area contributed by atoms with E-state index in [0.29, 0.717) is 13.0 Å².